The molecule has 0 amide bonds. The zero-order valence-electron chi connectivity index (χ0n) is 14.1. The summed E-state index contributed by atoms with van der Waals surface area (Å²) in [6.45, 7) is 2.36. The predicted octanol–water partition coefficient (Wildman–Crippen LogP) is 5.08. The van der Waals surface area contributed by atoms with E-state index >= 15 is 0 Å². The summed E-state index contributed by atoms with van der Waals surface area (Å²) in [7, 11) is 0. The molecule has 122 valence electrons. The number of rotatable bonds is 4. The molecular formula is C22H24N2. The van der Waals surface area contributed by atoms with Gasteiger partial charge in [0, 0.05) is 31.2 Å². The summed E-state index contributed by atoms with van der Waals surface area (Å²) in [5.74, 6) is 0.790. The first kappa shape index (κ1) is 15.2. The van der Waals surface area contributed by atoms with E-state index in [0.29, 0.717) is 0 Å². The minimum atomic E-state index is 0.790. The molecule has 1 fully saturated rings. The summed E-state index contributed by atoms with van der Waals surface area (Å²) >= 11 is 0. The molecule has 3 aromatic rings. The van der Waals surface area contributed by atoms with E-state index in [9.17, 15) is 0 Å². The van der Waals surface area contributed by atoms with Crippen LogP contribution in [0.25, 0.3) is 10.8 Å². The third-order valence-electron chi connectivity index (χ3n) is 5.20. The fourth-order valence-electron chi connectivity index (χ4n) is 3.86. The van der Waals surface area contributed by atoms with Gasteiger partial charge in [0.25, 0.3) is 0 Å². The fourth-order valence-corrected chi connectivity index (χ4v) is 3.86. The molecule has 2 heteroatoms. The molecule has 1 aliphatic heterocycles. The number of piperidine rings is 1. The minimum absolute atomic E-state index is 0.790. The van der Waals surface area contributed by atoms with Crippen molar-refractivity contribution in [2.45, 2.75) is 25.7 Å². The second kappa shape index (κ2) is 7.04. The van der Waals surface area contributed by atoms with Gasteiger partial charge in [-0.15, -0.1) is 0 Å². The van der Waals surface area contributed by atoms with Crippen molar-refractivity contribution in [3.05, 3.63) is 72.6 Å². The largest absolute Gasteiger partial charge is 0.371 e. The molecule has 2 aromatic carbocycles. The van der Waals surface area contributed by atoms with Crippen LogP contribution in [0.5, 0.6) is 0 Å². The Hall–Kier alpha value is -2.35. The quantitative estimate of drug-likeness (QED) is 0.667. The van der Waals surface area contributed by atoms with Crippen molar-refractivity contribution in [2.24, 2.45) is 5.92 Å². The van der Waals surface area contributed by atoms with Crippen molar-refractivity contribution in [2.75, 3.05) is 18.0 Å². The van der Waals surface area contributed by atoms with Crippen molar-refractivity contribution in [3.8, 4) is 0 Å². The van der Waals surface area contributed by atoms with Crippen LogP contribution in [0, 0.1) is 5.92 Å². The SMILES string of the molecule is c1ccc2cc(CCC3CCCN(c4ccncc4)C3)ccc2c1. The van der Waals surface area contributed by atoms with E-state index in [2.05, 4.69) is 64.5 Å². The number of aromatic nitrogens is 1. The highest BCUT2D eigenvalue weighted by Crippen LogP contribution is 2.26. The summed E-state index contributed by atoms with van der Waals surface area (Å²) in [5.41, 5.74) is 2.79. The molecule has 1 aliphatic rings. The van der Waals surface area contributed by atoms with E-state index in [4.69, 9.17) is 0 Å². The van der Waals surface area contributed by atoms with E-state index in [1.807, 2.05) is 12.4 Å². The van der Waals surface area contributed by atoms with Crippen LogP contribution in [0.3, 0.4) is 0 Å². The Labute approximate surface area is 144 Å². The molecule has 1 atom stereocenters. The highest BCUT2D eigenvalue weighted by Gasteiger charge is 2.19. The Kier molecular flexibility index (Phi) is 4.46. The normalized spacial score (nSPS) is 18.0. The van der Waals surface area contributed by atoms with E-state index in [1.54, 1.807) is 0 Å². The van der Waals surface area contributed by atoms with E-state index in [-0.39, 0.29) is 0 Å². The third-order valence-corrected chi connectivity index (χ3v) is 5.20. The molecule has 24 heavy (non-hydrogen) atoms. The maximum absolute atomic E-state index is 4.13. The van der Waals surface area contributed by atoms with Gasteiger partial charge in [-0.2, -0.15) is 0 Å². The zero-order chi connectivity index (χ0) is 16.2. The van der Waals surface area contributed by atoms with Gasteiger partial charge < -0.3 is 4.90 Å². The molecular weight excluding hydrogens is 292 g/mol. The molecule has 0 radical (unpaired) electrons. The Balaban J connectivity index is 1.39. The summed E-state index contributed by atoms with van der Waals surface area (Å²) in [4.78, 5) is 6.66. The predicted molar refractivity (Wildman–Crippen MR) is 101 cm³/mol. The van der Waals surface area contributed by atoms with E-state index in [1.165, 1.54) is 60.8 Å². The molecule has 0 saturated carbocycles. The number of aryl methyl sites for hydroxylation is 1. The van der Waals surface area contributed by atoms with Crippen LogP contribution in [0.2, 0.25) is 0 Å². The summed E-state index contributed by atoms with van der Waals surface area (Å²) in [5, 5.41) is 2.69. The van der Waals surface area contributed by atoms with Crippen molar-refractivity contribution in [3.63, 3.8) is 0 Å². The topological polar surface area (TPSA) is 16.1 Å². The van der Waals surface area contributed by atoms with Gasteiger partial charge in [0.2, 0.25) is 0 Å². The van der Waals surface area contributed by atoms with Gasteiger partial charge in [-0.3, -0.25) is 4.98 Å². The summed E-state index contributed by atoms with van der Waals surface area (Å²) in [6, 6.07) is 19.8. The van der Waals surface area contributed by atoms with Crippen LogP contribution in [0.1, 0.15) is 24.8 Å². The van der Waals surface area contributed by atoms with Crippen LogP contribution in [0.4, 0.5) is 5.69 Å². The van der Waals surface area contributed by atoms with Crippen molar-refractivity contribution < 1.29 is 0 Å². The number of fused-ring (bicyclic) bond motifs is 1. The van der Waals surface area contributed by atoms with Gasteiger partial charge in [0.05, 0.1) is 0 Å². The Bertz CT molecular complexity index is 797. The van der Waals surface area contributed by atoms with Gasteiger partial charge in [-0.05, 0) is 60.1 Å². The van der Waals surface area contributed by atoms with Gasteiger partial charge in [0.15, 0.2) is 0 Å². The van der Waals surface area contributed by atoms with Gasteiger partial charge in [0.1, 0.15) is 0 Å². The number of anilines is 1. The second-order valence-electron chi connectivity index (χ2n) is 6.88. The van der Waals surface area contributed by atoms with Crippen molar-refractivity contribution in [1.29, 1.82) is 0 Å². The number of pyridine rings is 1. The van der Waals surface area contributed by atoms with E-state index in [0.717, 1.165) is 5.92 Å². The average Bonchev–Trinajstić information content (AvgIpc) is 2.67. The highest BCUT2D eigenvalue weighted by atomic mass is 15.1. The first-order valence-corrected chi connectivity index (χ1v) is 9.01. The lowest BCUT2D eigenvalue weighted by atomic mass is 9.91. The first-order chi connectivity index (χ1) is 11.9. The molecule has 1 unspecified atom stereocenters. The number of hydrogen-bond donors (Lipinski definition) is 0. The summed E-state index contributed by atoms with van der Waals surface area (Å²) < 4.78 is 0. The summed E-state index contributed by atoms with van der Waals surface area (Å²) in [6.07, 6.45) is 8.90. The lowest BCUT2D eigenvalue weighted by molar-refractivity contribution is 0.391. The molecule has 0 N–H and O–H groups in total. The molecule has 1 saturated heterocycles. The Morgan fingerprint density at radius 3 is 2.67 bits per heavy atom. The molecule has 2 heterocycles. The van der Waals surface area contributed by atoms with Crippen molar-refractivity contribution in [1.82, 2.24) is 4.98 Å². The average molecular weight is 316 g/mol. The second-order valence-corrected chi connectivity index (χ2v) is 6.88. The Morgan fingerprint density at radius 2 is 1.79 bits per heavy atom. The molecule has 0 bridgehead atoms. The number of hydrogen-bond acceptors (Lipinski definition) is 2. The number of nitrogens with zero attached hydrogens (tertiary/aromatic N) is 2. The lowest BCUT2D eigenvalue weighted by Crippen LogP contribution is -2.35. The maximum Gasteiger partial charge on any atom is 0.0397 e. The molecule has 2 nitrogen and oxygen atoms in total. The van der Waals surface area contributed by atoms with Gasteiger partial charge in [-0.1, -0.05) is 42.5 Å². The highest BCUT2D eigenvalue weighted by molar-refractivity contribution is 5.82. The van der Waals surface area contributed by atoms with Gasteiger partial charge >= 0.3 is 0 Å². The molecule has 1 aromatic heterocycles. The van der Waals surface area contributed by atoms with Crippen LogP contribution >= 0.6 is 0 Å². The lowest BCUT2D eigenvalue weighted by Gasteiger charge is -2.34. The third kappa shape index (κ3) is 3.43. The zero-order valence-corrected chi connectivity index (χ0v) is 14.1. The van der Waals surface area contributed by atoms with Crippen molar-refractivity contribution >= 4 is 16.5 Å². The van der Waals surface area contributed by atoms with Crippen LogP contribution in [-0.4, -0.2) is 18.1 Å². The smallest absolute Gasteiger partial charge is 0.0397 e. The molecule has 0 aliphatic carbocycles. The standard InChI is InChI=1S/C22H24N2/c1-2-6-21-16-18(9-10-20(21)5-1)7-8-19-4-3-15-24(17-19)22-11-13-23-14-12-22/h1-2,5-6,9-14,16,19H,3-4,7-8,15,17H2. The van der Waals surface area contributed by atoms with Gasteiger partial charge in [-0.25, -0.2) is 0 Å². The Morgan fingerprint density at radius 1 is 0.958 bits per heavy atom. The molecule has 4 rings (SSSR count). The first-order valence-electron chi connectivity index (χ1n) is 9.01. The van der Waals surface area contributed by atoms with Crippen LogP contribution in [0.15, 0.2) is 67.0 Å². The maximum atomic E-state index is 4.13. The van der Waals surface area contributed by atoms with E-state index < -0.39 is 0 Å². The number of benzene rings is 2. The van der Waals surface area contributed by atoms with Crippen LogP contribution < -0.4 is 4.90 Å². The fraction of sp³-hybridized carbons (Fsp3) is 0.318. The minimum Gasteiger partial charge on any atom is -0.371 e. The monoisotopic (exact) mass is 316 g/mol. The molecule has 0 spiro atoms. The van der Waals surface area contributed by atoms with Crippen LogP contribution in [-0.2, 0) is 6.42 Å².